The zero-order chi connectivity index (χ0) is 20.5. The number of carbonyl (C=O) groups excluding carboxylic acids is 1. The molecule has 0 aromatic heterocycles. The predicted molar refractivity (Wildman–Crippen MR) is 99.1 cm³/mol. The molecule has 0 unspecified atom stereocenters. The number of nitrogens with one attached hydrogen (secondary N) is 1. The summed E-state index contributed by atoms with van der Waals surface area (Å²) in [6.07, 6.45) is 0. The molecule has 0 fully saturated rings. The lowest BCUT2D eigenvalue weighted by atomic mass is 9.97. The van der Waals surface area contributed by atoms with Crippen molar-refractivity contribution in [1.29, 1.82) is 0 Å². The van der Waals surface area contributed by atoms with Crippen LogP contribution in [0.15, 0.2) is 36.4 Å². The van der Waals surface area contributed by atoms with E-state index in [0.29, 0.717) is 35.5 Å². The van der Waals surface area contributed by atoms with Gasteiger partial charge in [-0.2, -0.15) is 8.78 Å². The first-order chi connectivity index (χ1) is 13.2. The van der Waals surface area contributed by atoms with Gasteiger partial charge in [-0.05, 0) is 49.2 Å². The Morgan fingerprint density at radius 2 is 1.89 bits per heavy atom. The van der Waals surface area contributed by atoms with Gasteiger partial charge in [0.1, 0.15) is 17.2 Å². The molecule has 1 aliphatic rings. The Kier molecular flexibility index (Phi) is 5.51. The van der Waals surface area contributed by atoms with Crippen LogP contribution >= 0.6 is 0 Å². The van der Waals surface area contributed by atoms with Gasteiger partial charge < -0.3 is 19.7 Å². The highest BCUT2D eigenvalue weighted by Crippen LogP contribution is 2.35. The van der Waals surface area contributed by atoms with Gasteiger partial charge >= 0.3 is 6.61 Å². The van der Waals surface area contributed by atoms with Crippen molar-refractivity contribution in [3.63, 3.8) is 0 Å². The summed E-state index contributed by atoms with van der Waals surface area (Å²) in [5, 5.41) is 3.30. The second kappa shape index (κ2) is 7.71. The smallest absolute Gasteiger partial charge is 0.387 e. The molecule has 2 aromatic carbocycles. The van der Waals surface area contributed by atoms with Crippen LogP contribution in [0.3, 0.4) is 0 Å². The standard InChI is InChI=1S/C20H21F3N2O3/c1-20(2)24-17-10-12(4-5-16(17)18(26)25(20)6-7-27-3)13-8-14(21)11-15(9-13)28-19(22)23/h4-5,8-11,19,24H,6-7H2,1-3H3. The van der Waals surface area contributed by atoms with Crippen molar-refractivity contribution in [1.82, 2.24) is 4.90 Å². The number of carbonyl (C=O) groups is 1. The monoisotopic (exact) mass is 394 g/mol. The van der Waals surface area contributed by atoms with Crippen molar-refractivity contribution in [2.45, 2.75) is 26.1 Å². The van der Waals surface area contributed by atoms with Crippen LogP contribution in [0.4, 0.5) is 18.9 Å². The molecule has 5 nitrogen and oxygen atoms in total. The quantitative estimate of drug-likeness (QED) is 0.792. The molecule has 2 aromatic rings. The summed E-state index contributed by atoms with van der Waals surface area (Å²) in [7, 11) is 1.57. The van der Waals surface area contributed by atoms with E-state index in [2.05, 4.69) is 10.1 Å². The molecule has 3 rings (SSSR count). The van der Waals surface area contributed by atoms with Gasteiger partial charge in [0, 0.05) is 25.4 Å². The van der Waals surface area contributed by atoms with E-state index in [4.69, 9.17) is 4.74 Å². The van der Waals surface area contributed by atoms with Gasteiger partial charge in [0.25, 0.3) is 5.91 Å². The zero-order valence-corrected chi connectivity index (χ0v) is 15.8. The maximum absolute atomic E-state index is 13.8. The summed E-state index contributed by atoms with van der Waals surface area (Å²) in [6.45, 7) is 1.52. The molecule has 1 N–H and O–H groups in total. The summed E-state index contributed by atoms with van der Waals surface area (Å²) in [4.78, 5) is 14.6. The lowest BCUT2D eigenvalue weighted by Crippen LogP contribution is -2.57. The molecule has 0 bridgehead atoms. The molecule has 8 heteroatoms. The average molecular weight is 394 g/mol. The van der Waals surface area contributed by atoms with Gasteiger partial charge in [-0.1, -0.05) is 6.07 Å². The molecule has 28 heavy (non-hydrogen) atoms. The third-order valence-corrected chi connectivity index (χ3v) is 4.56. The number of methoxy groups -OCH3 is 1. The fraction of sp³-hybridized carbons (Fsp3) is 0.350. The number of halogens is 3. The fourth-order valence-corrected chi connectivity index (χ4v) is 3.27. The van der Waals surface area contributed by atoms with E-state index in [1.54, 1.807) is 30.2 Å². The molecule has 0 radical (unpaired) electrons. The molecule has 150 valence electrons. The summed E-state index contributed by atoms with van der Waals surface area (Å²) in [5.74, 6) is -1.11. The van der Waals surface area contributed by atoms with Crippen LogP contribution in [-0.2, 0) is 4.74 Å². The Hall–Kier alpha value is -2.74. The molecule has 0 saturated carbocycles. The van der Waals surface area contributed by atoms with E-state index in [-0.39, 0.29) is 11.7 Å². The summed E-state index contributed by atoms with van der Waals surface area (Å²) in [5.41, 5.74) is 1.33. The molecule has 1 aliphatic heterocycles. The van der Waals surface area contributed by atoms with Crippen molar-refractivity contribution >= 4 is 11.6 Å². The molecule has 1 amide bonds. The Labute approximate surface area is 161 Å². The zero-order valence-electron chi connectivity index (χ0n) is 15.8. The third kappa shape index (κ3) is 4.06. The Morgan fingerprint density at radius 1 is 1.14 bits per heavy atom. The number of fused-ring (bicyclic) bond motifs is 1. The summed E-state index contributed by atoms with van der Waals surface area (Å²) in [6, 6.07) is 8.42. The van der Waals surface area contributed by atoms with Crippen LogP contribution in [0, 0.1) is 5.82 Å². The van der Waals surface area contributed by atoms with Gasteiger partial charge in [0.05, 0.1) is 12.2 Å². The molecule has 1 heterocycles. The van der Waals surface area contributed by atoms with Crippen LogP contribution in [0.5, 0.6) is 5.75 Å². The lowest BCUT2D eigenvalue weighted by Gasteiger charge is -2.44. The van der Waals surface area contributed by atoms with E-state index in [1.165, 1.54) is 12.1 Å². The number of rotatable bonds is 6. The van der Waals surface area contributed by atoms with E-state index < -0.39 is 18.1 Å². The highest BCUT2D eigenvalue weighted by molar-refractivity contribution is 6.03. The van der Waals surface area contributed by atoms with Crippen molar-refractivity contribution in [3.8, 4) is 16.9 Å². The van der Waals surface area contributed by atoms with Gasteiger partial charge in [-0.15, -0.1) is 0 Å². The van der Waals surface area contributed by atoms with Crippen molar-refractivity contribution in [3.05, 3.63) is 47.8 Å². The van der Waals surface area contributed by atoms with Crippen molar-refractivity contribution in [2.75, 3.05) is 25.6 Å². The van der Waals surface area contributed by atoms with Crippen LogP contribution in [0.2, 0.25) is 0 Å². The fourth-order valence-electron chi connectivity index (χ4n) is 3.27. The summed E-state index contributed by atoms with van der Waals surface area (Å²) >= 11 is 0. The number of nitrogens with zero attached hydrogens (tertiary/aromatic N) is 1. The van der Waals surface area contributed by atoms with Crippen LogP contribution in [0.1, 0.15) is 24.2 Å². The summed E-state index contributed by atoms with van der Waals surface area (Å²) < 4.78 is 48.2. The van der Waals surface area contributed by atoms with E-state index >= 15 is 0 Å². The highest BCUT2D eigenvalue weighted by atomic mass is 19.3. The Bertz CT molecular complexity index is 887. The Balaban J connectivity index is 1.97. The largest absolute Gasteiger partial charge is 0.435 e. The van der Waals surface area contributed by atoms with Gasteiger partial charge in [0.15, 0.2) is 0 Å². The first-order valence-corrected chi connectivity index (χ1v) is 8.70. The van der Waals surface area contributed by atoms with Crippen molar-refractivity contribution < 1.29 is 27.4 Å². The van der Waals surface area contributed by atoms with Gasteiger partial charge in [-0.3, -0.25) is 4.79 Å². The predicted octanol–water partition coefficient (Wildman–Crippen LogP) is 4.34. The van der Waals surface area contributed by atoms with E-state index in [9.17, 15) is 18.0 Å². The second-order valence-electron chi connectivity index (χ2n) is 6.95. The van der Waals surface area contributed by atoms with Gasteiger partial charge in [-0.25, -0.2) is 4.39 Å². The molecule has 0 atom stereocenters. The number of amides is 1. The maximum atomic E-state index is 13.8. The SMILES string of the molecule is COCCN1C(=O)c2ccc(-c3cc(F)cc(OC(F)F)c3)cc2NC1(C)C. The minimum absolute atomic E-state index is 0.150. The van der Waals surface area contributed by atoms with Crippen molar-refractivity contribution in [2.24, 2.45) is 0 Å². The number of benzene rings is 2. The molecular formula is C20H21F3N2O3. The van der Waals surface area contributed by atoms with E-state index in [0.717, 1.165) is 6.07 Å². The van der Waals surface area contributed by atoms with Crippen LogP contribution < -0.4 is 10.1 Å². The first-order valence-electron chi connectivity index (χ1n) is 8.70. The highest BCUT2D eigenvalue weighted by Gasteiger charge is 2.37. The normalized spacial score (nSPS) is 15.4. The minimum atomic E-state index is -3.05. The first kappa shape index (κ1) is 20.0. The lowest BCUT2D eigenvalue weighted by molar-refractivity contribution is -0.0499. The van der Waals surface area contributed by atoms with E-state index in [1.807, 2.05) is 13.8 Å². The number of hydrogen-bond acceptors (Lipinski definition) is 4. The third-order valence-electron chi connectivity index (χ3n) is 4.56. The minimum Gasteiger partial charge on any atom is -0.435 e. The number of hydrogen-bond donors (Lipinski definition) is 1. The molecule has 0 saturated heterocycles. The molecular weight excluding hydrogens is 373 g/mol. The average Bonchev–Trinajstić information content (AvgIpc) is 2.59. The number of alkyl halides is 2. The van der Waals surface area contributed by atoms with Gasteiger partial charge in [0.2, 0.25) is 0 Å². The topological polar surface area (TPSA) is 50.8 Å². The molecule has 0 spiro atoms. The second-order valence-corrected chi connectivity index (χ2v) is 6.95. The van der Waals surface area contributed by atoms with Crippen LogP contribution in [-0.4, -0.2) is 43.3 Å². The molecule has 0 aliphatic carbocycles. The van der Waals surface area contributed by atoms with Crippen LogP contribution in [0.25, 0.3) is 11.1 Å². The number of ether oxygens (including phenoxy) is 2. The number of anilines is 1. The maximum Gasteiger partial charge on any atom is 0.387 e. The Morgan fingerprint density at radius 3 is 2.57 bits per heavy atom.